The van der Waals surface area contributed by atoms with Gasteiger partial charge in [0.2, 0.25) is 5.91 Å². The van der Waals surface area contributed by atoms with Gasteiger partial charge in [-0.3, -0.25) is 4.79 Å². The predicted octanol–water partition coefficient (Wildman–Crippen LogP) is 1.03. The van der Waals surface area contributed by atoms with E-state index in [1.54, 1.807) is 0 Å². The van der Waals surface area contributed by atoms with Crippen molar-refractivity contribution < 1.29 is 9.53 Å². The maximum Gasteiger partial charge on any atom is 0.228 e. The zero-order valence-corrected chi connectivity index (χ0v) is 11.1. The van der Waals surface area contributed by atoms with Crippen LogP contribution in [0.5, 0.6) is 0 Å². The molecule has 0 aromatic carbocycles. The first-order chi connectivity index (χ1) is 7.81. The van der Waals surface area contributed by atoms with E-state index in [4.69, 9.17) is 10.5 Å². The Morgan fingerprint density at radius 1 is 1.35 bits per heavy atom. The lowest BCUT2D eigenvalue weighted by Gasteiger charge is -2.35. The minimum absolute atomic E-state index is 0. The van der Waals surface area contributed by atoms with E-state index in [1.165, 1.54) is 6.42 Å². The highest BCUT2D eigenvalue weighted by molar-refractivity contribution is 5.85. The topological polar surface area (TPSA) is 55.6 Å². The Hall–Kier alpha value is -0.320. The number of rotatable bonds is 2. The van der Waals surface area contributed by atoms with E-state index in [2.05, 4.69) is 0 Å². The van der Waals surface area contributed by atoms with E-state index in [9.17, 15) is 4.79 Å². The SMILES string of the molecule is Cl.NCC1CCCN(C(=O)C2CCCOC2)C1. The van der Waals surface area contributed by atoms with Crippen molar-refractivity contribution in [3.05, 3.63) is 0 Å². The Bertz CT molecular complexity index is 245. The van der Waals surface area contributed by atoms with Gasteiger partial charge in [0, 0.05) is 19.7 Å². The van der Waals surface area contributed by atoms with Crippen LogP contribution in [0.2, 0.25) is 0 Å². The minimum Gasteiger partial charge on any atom is -0.381 e. The van der Waals surface area contributed by atoms with Crippen molar-refractivity contribution in [1.82, 2.24) is 4.90 Å². The lowest BCUT2D eigenvalue weighted by molar-refractivity contribution is -0.141. The number of carbonyl (C=O) groups is 1. The van der Waals surface area contributed by atoms with E-state index in [1.807, 2.05) is 4.90 Å². The number of hydrogen-bond donors (Lipinski definition) is 1. The Labute approximate surface area is 109 Å². The molecule has 0 aromatic rings. The summed E-state index contributed by atoms with van der Waals surface area (Å²) in [6.07, 6.45) is 4.27. The molecule has 0 bridgehead atoms. The summed E-state index contributed by atoms with van der Waals surface area (Å²) in [5.41, 5.74) is 5.68. The fourth-order valence-corrected chi connectivity index (χ4v) is 2.65. The molecule has 0 saturated carbocycles. The quantitative estimate of drug-likeness (QED) is 0.809. The number of nitrogens with two attached hydrogens (primary N) is 1. The zero-order valence-electron chi connectivity index (χ0n) is 10.3. The van der Waals surface area contributed by atoms with Gasteiger partial charge in [0.15, 0.2) is 0 Å². The van der Waals surface area contributed by atoms with Crippen LogP contribution in [0.4, 0.5) is 0 Å². The third-order valence-electron chi connectivity index (χ3n) is 3.67. The predicted molar refractivity (Wildman–Crippen MR) is 69.1 cm³/mol. The summed E-state index contributed by atoms with van der Waals surface area (Å²) in [6.45, 7) is 3.89. The van der Waals surface area contributed by atoms with Gasteiger partial charge < -0.3 is 15.4 Å². The number of halogens is 1. The van der Waals surface area contributed by atoms with Crippen molar-refractivity contribution in [1.29, 1.82) is 0 Å². The second-order valence-electron chi connectivity index (χ2n) is 4.94. The van der Waals surface area contributed by atoms with E-state index >= 15 is 0 Å². The van der Waals surface area contributed by atoms with Crippen LogP contribution in [0.1, 0.15) is 25.7 Å². The zero-order chi connectivity index (χ0) is 11.4. The smallest absolute Gasteiger partial charge is 0.228 e. The first-order valence-corrected chi connectivity index (χ1v) is 6.38. The molecule has 2 fully saturated rings. The highest BCUT2D eigenvalue weighted by Gasteiger charge is 2.29. The van der Waals surface area contributed by atoms with Crippen LogP contribution in [0.15, 0.2) is 0 Å². The molecule has 2 heterocycles. The van der Waals surface area contributed by atoms with Crippen molar-refractivity contribution in [3.8, 4) is 0 Å². The summed E-state index contributed by atoms with van der Waals surface area (Å²) in [4.78, 5) is 14.2. The molecule has 1 amide bonds. The van der Waals surface area contributed by atoms with Crippen molar-refractivity contribution in [3.63, 3.8) is 0 Å². The summed E-state index contributed by atoms with van der Waals surface area (Å²) in [6, 6.07) is 0. The number of carbonyl (C=O) groups excluding carboxylic acids is 1. The molecule has 4 nitrogen and oxygen atoms in total. The number of likely N-dealkylation sites (tertiary alicyclic amines) is 1. The van der Waals surface area contributed by atoms with E-state index in [0.29, 0.717) is 19.1 Å². The molecule has 2 saturated heterocycles. The summed E-state index contributed by atoms with van der Waals surface area (Å²) in [5, 5.41) is 0. The Balaban J connectivity index is 0.00000144. The second-order valence-corrected chi connectivity index (χ2v) is 4.94. The van der Waals surface area contributed by atoms with Gasteiger partial charge in [-0.2, -0.15) is 0 Å². The number of amides is 1. The van der Waals surface area contributed by atoms with Crippen LogP contribution < -0.4 is 5.73 Å². The molecule has 2 rings (SSSR count). The third kappa shape index (κ3) is 3.83. The summed E-state index contributed by atoms with van der Waals surface area (Å²) in [7, 11) is 0. The lowest BCUT2D eigenvalue weighted by atomic mass is 9.95. The van der Waals surface area contributed by atoms with Gasteiger partial charge in [0.05, 0.1) is 12.5 Å². The fraction of sp³-hybridized carbons (Fsp3) is 0.917. The summed E-state index contributed by atoms with van der Waals surface area (Å²) >= 11 is 0. The molecule has 0 aromatic heterocycles. The van der Waals surface area contributed by atoms with Crippen LogP contribution in [0.3, 0.4) is 0 Å². The molecule has 2 aliphatic heterocycles. The standard InChI is InChI=1S/C12H22N2O2.ClH/c13-7-10-3-1-5-14(8-10)12(15)11-4-2-6-16-9-11;/h10-11H,1-9,13H2;1H. The lowest BCUT2D eigenvalue weighted by Crippen LogP contribution is -2.46. The maximum absolute atomic E-state index is 12.2. The molecule has 2 atom stereocenters. The van der Waals surface area contributed by atoms with Gasteiger partial charge >= 0.3 is 0 Å². The fourth-order valence-electron chi connectivity index (χ4n) is 2.65. The summed E-state index contributed by atoms with van der Waals surface area (Å²) in [5.74, 6) is 0.894. The van der Waals surface area contributed by atoms with Crippen LogP contribution in [-0.2, 0) is 9.53 Å². The van der Waals surface area contributed by atoms with Crippen molar-refractivity contribution >= 4 is 18.3 Å². The number of piperidine rings is 1. The maximum atomic E-state index is 12.2. The van der Waals surface area contributed by atoms with Gasteiger partial charge in [-0.05, 0) is 38.1 Å². The van der Waals surface area contributed by atoms with Gasteiger partial charge in [0.1, 0.15) is 0 Å². The molecular formula is C12H23ClN2O2. The summed E-state index contributed by atoms with van der Waals surface area (Å²) < 4.78 is 5.38. The number of nitrogens with zero attached hydrogens (tertiary/aromatic N) is 1. The normalized spacial score (nSPS) is 29.6. The Kier molecular flexibility index (Phi) is 6.23. The molecule has 17 heavy (non-hydrogen) atoms. The molecule has 2 aliphatic rings. The molecule has 0 spiro atoms. The van der Waals surface area contributed by atoms with Gasteiger partial charge in [-0.25, -0.2) is 0 Å². The minimum atomic E-state index is 0. The van der Waals surface area contributed by atoms with E-state index < -0.39 is 0 Å². The monoisotopic (exact) mass is 262 g/mol. The molecule has 0 radical (unpaired) electrons. The number of ether oxygens (including phenoxy) is 1. The highest BCUT2D eigenvalue weighted by Crippen LogP contribution is 2.21. The van der Waals surface area contributed by atoms with E-state index in [-0.39, 0.29) is 24.2 Å². The molecule has 5 heteroatoms. The Morgan fingerprint density at radius 3 is 2.82 bits per heavy atom. The van der Waals surface area contributed by atoms with Crippen LogP contribution in [0.25, 0.3) is 0 Å². The molecule has 100 valence electrons. The number of hydrogen-bond acceptors (Lipinski definition) is 3. The molecule has 2 N–H and O–H groups in total. The van der Waals surface area contributed by atoms with E-state index in [0.717, 1.165) is 39.0 Å². The van der Waals surface area contributed by atoms with Crippen LogP contribution in [-0.4, -0.2) is 43.7 Å². The second kappa shape index (κ2) is 7.19. The van der Waals surface area contributed by atoms with Gasteiger partial charge in [-0.15, -0.1) is 12.4 Å². The Morgan fingerprint density at radius 2 is 2.18 bits per heavy atom. The highest BCUT2D eigenvalue weighted by atomic mass is 35.5. The van der Waals surface area contributed by atoms with Gasteiger partial charge in [-0.1, -0.05) is 0 Å². The largest absolute Gasteiger partial charge is 0.381 e. The molecule has 2 unspecified atom stereocenters. The van der Waals surface area contributed by atoms with Crippen molar-refractivity contribution in [2.45, 2.75) is 25.7 Å². The van der Waals surface area contributed by atoms with Crippen LogP contribution >= 0.6 is 12.4 Å². The van der Waals surface area contributed by atoms with Crippen molar-refractivity contribution in [2.24, 2.45) is 17.6 Å². The molecular weight excluding hydrogens is 240 g/mol. The third-order valence-corrected chi connectivity index (χ3v) is 3.67. The van der Waals surface area contributed by atoms with Crippen molar-refractivity contribution in [2.75, 3.05) is 32.8 Å². The van der Waals surface area contributed by atoms with Crippen LogP contribution in [0, 0.1) is 11.8 Å². The first kappa shape index (κ1) is 14.7. The average molecular weight is 263 g/mol. The molecule has 0 aliphatic carbocycles. The average Bonchev–Trinajstić information content (AvgIpc) is 2.39. The van der Waals surface area contributed by atoms with Gasteiger partial charge in [0.25, 0.3) is 0 Å². The first-order valence-electron chi connectivity index (χ1n) is 6.38.